The Hall–Kier alpha value is -4.51. The number of rotatable bonds is 11. The molecule has 0 aliphatic rings. The molecule has 0 aliphatic heterocycles. The normalized spacial score (nSPS) is 11.9. The summed E-state index contributed by atoms with van der Waals surface area (Å²) in [5.41, 5.74) is 3.73. The zero-order valence-electron chi connectivity index (χ0n) is 24.1. The van der Waals surface area contributed by atoms with Gasteiger partial charge in [0.15, 0.2) is 5.13 Å². The van der Waals surface area contributed by atoms with Crippen LogP contribution in [0.15, 0.2) is 112 Å². The lowest BCUT2D eigenvalue weighted by Gasteiger charge is -2.15. The smallest absolute Gasteiger partial charge is 0.272 e. The third-order valence-electron chi connectivity index (χ3n) is 6.56. The number of aromatic nitrogens is 1. The van der Waals surface area contributed by atoms with Crippen molar-refractivity contribution in [2.45, 2.75) is 30.4 Å². The Bertz CT molecular complexity index is 1780. The first-order valence-corrected chi connectivity index (χ1v) is 16.6. The van der Waals surface area contributed by atoms with Gasteiger partial charge in [-0.1, -0.05) is 61.5 Å². The number of hydrogen-bond donors (Lipinski definition) is 3. The van der Waals surface area contributed by atoms with Gasteiger partial charge in [-0.3, -0.25) is 14.4 Å². The molecule has 1 unspecified atom stereocenters. The van der Waals surface area contributed by atoms with Crippen molar-refractivity contribution >= 4 is 69.1 Å². The zero-order valence-corrected chi connectivity index (χ0v) is 26.5. The van der Waals surface area contributed by atoms with Crippen molar-refractivity contribution in [2.75, 3.05) is 10.6 Å². The number of thiazole rings is 1. The van der Waals surface area contributed by atoms with Gasteiger partial charge in [0.2, 0.25) is 5.91 Å². The highest BCUT2D eigenvalue weighted by atomic mass is 32.2. The maximum absolute atomic E-state index is 13.5. The average Bonchev–Trinajstić information content (AvgIpc) is 3.74. The molecular formula is C34H30N4O3S3. The van der Waals surface area contributed by atoms with Crippen molar-refractivity contribution in [3.05, 3.63) is 124 Å². The number of anilines is 2. The van der Waals surface area contributed by atoms with Crippen LogP contribution in [0.2, 0.25) is 0 Å². The molecule has 3 aromatic carbocycles. The molecule has 0 saturated heterocycles. The van der Waals surface area contributed by atoms with Crippen LogP contribution in [0.4, 0.5) is 10.8 Å². The van der Waals surface area contributed by atoms with E-state index in [1.165, 1.54) is 23.1 Å². The molecule has 0 radical (unpaired) electrons. The summed E-state index contributed by atoms with van der Waals surface area (Å²) in [5.74, 6) is -0.981. The lowest BCUT2D eigenvalue weighted by molar-refractivity contribution is -0.116. The number of carbonyl (C=O) groups excluding carboxylic acids is 3. The number of nitrogens with one attached hydrogen (secondary N) is 3. The van der Waals surface area contributed by atoms with E-state index in [0.717, 1.165) is 26.6 Å². The molecule has 2 aromatic heterocycles. The number of amides is 3. The fourth-order valence-corrected chi connectivity index (χ4v) is 6.72. The fourth-order valence-electron chi connectivity index (χ4n) is 4.23. The maximum Gasteiger partial charge on any atom is 0.272 e. The number of thiophene rings is 1. The van der Waals surface area contributed by atoms with E-state index >= 15 is 0 Å². The van der Waals surface area contributed by atoms with Gasteiger partial charge >= 0.3 is 0 Å². The van der Waals surface area contributed by atoms with Gasteiger partial charge < -0.3 is 16.0 Å². The Morgan fingerprint density at radius 3 is 2.45 bits per heavy atom. The topological polar surface area (TPSA) is 100 Å². The van der Waals surface area contributed by atoms with E-state index in [2.05, 4.69) is 20.9 Å². The van der Waals surface area contributed by atoms with Gasteiger partial charge in [0, 0.05) is 21.5 Å². The monoisotopic (exact) mass is 638 g/mol. The first-order chi connectivity index (χ1) is 21.4. The highest BCUT2D eigenvalue weighted by molar-refractivity contribution is 8.00. The first-order valence-electron chi connectivity index (χ1n) is 13.9. The fraction of sp³-hybridized carbons (Fsp3) is 0.118. The molecule has 0 bridgehead atoms. The van der Waals surface area contributed by atoms with Gasteiger partial charge in [0.05, 0.1) is 15.8 Å². The second-order valence-corrected chi connectivity index (χ2v) is 12.8. The van der Waals surface area contributed by atoms with Crippen molar-refractivity contribution < 1.29 is 14.4 Å². The molecule has 7 nitrogen and oxygen atoms in total. The summed E-state index contributed by atoms with van der Waals surface area (Å²) < 4.78 is 0. The predicted octanol–water partition coefficient (Wildman–Crippen LogP) is 8.10. The minimum Gasteiger partial charge on any atom is -0.321 e. The van der Waals surface area contributed by atoms with Crippen molar-refractivity contribution in [3.63, 3.8) is 0 Å². The molecule has 5 aromatic rings. The third kappa shape index (κ3) is 8.10. The van der Waals surface area contributed by atoms with E-state index in [0.29, 0.717) is 22.8 Å². The van der Waals surface area contributed by atoms with Crippen LogP contribution in [-0.4, -0.2) is 28.0 Å². The zero-order chi connectivity index (χ0) is 30.9. The molecule has 0 fully saturated rings. The molecule has 5 rings (SSSR count). The Morgan fingerprint density at radius 2 is 1.70 bits per heavy atom. The van der Waals surface area contributed by atoms with E-state index in [4.69, 9.17) is 0 Å². The van der Waals surface area contributed by atoms with E-state index < -0.39 is 5.91 Å². The number of nitrogens with zero attached hydrogens (tertiary/aromatic N) is 1. The van der Waals surface area contributed by atoms with E-state index in [-0.39, 0.29) is 22.8 Å². The summed E-state index contributed by atoms with van der Waals surface area (Å²) in [4.78, 5) is 46.1. The van der Waals surface area contributed by atoms with Gasteiger partial charge in [0.1, 0.15) is 5.70 Å². The molecule has 2 heterocycles. The standard InChI is InChI=1S/C34H30N4O3S3/c1-3-29(33(41)38-34-37-28(21-43-34)30-17-10-18-42-30)44-26-16-9-15-25(20-26)35-32(40)27(19-24-14-8-7-11-22(24)2)36-31(39)23-12-5-4-6-13-23/h4-21,29H,3H2,1-2H3,(H,35,40)(H,36,39)(H,37,38,41)/b27-19-. The number of benzene rings is 3. The van der Waals surface area contributed by atoms with Crippen LogP contribution in [0.1, 0.15) is 34.8 Å². The van der Waals surface area contributed by atoms with Crippen LogP contribution in [0.5, 0.6) is 0 Å². The lowest BCUT2D eigenvalue weighted by atomic mass is 10.1. The molecule has 44 heavy (non-hydrogen) atoms. The molecule has 0 spiro atoms. The van der Waals surface area contributed by atoms with Gasteiger partial charge in [-0.2, -0.15) is 0 Å². The molecule has 3 N–H and O–H groups in total. The Morgan fingerprint density at radius 1 is 0.909 bits per heavy atom. The Labute approximate surface area is 268 Å². The number of aryl methyl sites for hydroxylation is 1. The molecule has 10 heteroatoms. The average molecular weight is 639 g/mol. The van der Waals surface area contributed by atoms with E-state index in [9.17, 15) is 14.4 Å². The van der Waals surface area contributed by atoms with Crippen LogP contribution in [-0.2, 0) is 9.59 Å². The summed E-state index contributed by atoms with van der Waals surface area (Å²) >= 11 is 4.42. The van der Waals surface area contributed by atoms with Crippen LogP contribution in [0.25, 0.3) is 16.6 Å². The van der Waals surface area contributed by atoms with Crippen molar-refractivity contribution in [2.24, 2.45) is 0 Å². The molecule has 3 amide bonds. The quantitative estimate of drug-likeness (QED) is 0.100. The summed E-state index contributed by atoms with van der Waals surface area (Å²) in [6, 6.07) is 27.7. The predicted molar refractivity (Wildman–Crippen MR) is 182 cm³/mol. The summed E-state index contributed by atoms with van der Waals surface area (Å²) in [6.07, 6.45) is 2.27. The van der Waals surface area contributed by atoms with Gasteiger partial charge in [-0.05, 0) is 72.3 Å². The lowest BCUT2D eigenvalue weighted by Crippen LogP contribution is -2.30. The SMILES string of the molecule is CCC(Sc1cccc(NC(=O)/C(=C/c2ccccc2C)NC(=O)c2ccccc2)c1)C(=O)Nc1nc(-c2cccs2)cs1. The molecule has 0 aliphatic carbocycles. The molecular weight excluding hydrogens is 609 g/mol. The Kier molecular flexibility index (Phi) is 10.4. The molecule has 0 saturated carbocycles. The Balaban J connectivity index is 1.28. The second-order valence-electron chi connectivity index (χ2n) is 9.74. The van der Waals surface area contributed by atoms with Crippen molar-refractivity contribution in [1.82, 2.24) is 10.3 Å². The largest absolute Gasteiger partial charge is 0.321 e. The van der Waals surface area contributed by atoms with Crippen LogP contribution in [0.3, 0.4) is 0 Å². The number of thioether (sulfide) groups is 1. The second kappa shape index (κ2) is 14.8. The highest BCUT2D eigenvalue weighted by Gasteiger charge is 2.21. The minimum absolute atomic E-state index is 0.113. The minimum atomic E-state index is -0.463. The summed E-state index contributed by atoms with van der Waals surface area (Å²) in [7, 11) is 0. The molecule has 222 valence electrons. The van der Waals surface area contributed by atoms with Gasteiger partial charge in [0.25, 0.3) is 11.8 Å². The third-order valence-corrected chi connectivity index (χ3v) is 9.57. The van der Waals surface area contributed by atoms with Gasteiger partial charge in [-0.15, -0.1) is 34.4 Å². The summed E-state index contributed by atoms with van der Waals surface area (Å²) in [5, 5.41) is 12.8. The highest BCUT2D eigenvalue weighted by Crippen LogP contribution is 2.31. The summed E-state index contributed by atoms with van der Waals surface area (Å²) in [6.45, 7) is 3.90. The number of hydrogen-bond acceptors (Lipinski definition) is 7. The van der Waals surface area contributed by atoms with E-state index in [1.54, 1.807) is 47.7 Å². The first kappa shape index (κ1) is 30.9. The molecule has 1 atom stereocenters. The van der Waals surface area contributed by atoms with Crippen LogP contribution >= 0.6 is 34.4 Å². The maximum atomic E-state index is 13.5. The van der Waals surface area contributed by atoms with E-state index in [1.807, 2.05) is 85.3 Å². The van der Waals surface area contributed by atoms with Crippen LogP contribution in [0, 0.1) is 6.92 Å². The van der Waals surface area contributed by atoms with Crippen molar-refractivity contribution in [1.29, 1.82) is 0 Å². The van der Waals surface area contributed by atoms with Gasteiger partial charge in [-0.25, -0.2) is 4.98 Å². The van der Waals surface area contributed by atoms with Crippen molar-refractivity contribution in [3.8, 4) is 10.6 Å². The van der Waals surface area contributed by atoms with Crippen LogP contribution < -0.4 is 16.0 Å². The number of carbonyl (C=O) groups is 3.